The molecule has 0 unspecified atom stereocenters. The Labute approximate surface area is 172 Å². The zero-order chi connectivity index (χ0) is 20.1. The van der Waals surface area contributed by atoms with E-state index in [9.17, 15) is 0 Å². The molecular weight excluding hydrogens is 360 g/mol. The lowest BCUT2D eigenvalue weighted by molar-refractivity contribution is 0.198. The van der Waals surface area contributed by atoms with Crippen molar-refractivity contribution in [3.8, 4) is 17.0 Å². The lowest BCUT2D eigenvalue weighted by atomic mass is 9.93. The van der Waals surface area contributed by atoms with Crippen LogP contribution >= 0.6 is 0 Å². The van der Waals surface area contributed by atoms with E-state index in [2.05, 4.69) is 52.1 Å². The van der Waals surface area contributed by atoms with E-state index >= 15 is 0 Å². The van der Waals surface area contributed by atoms with Gasteiger partial charge in [0, 0.05) is 54.6 Å². The molecule has 4 rings (SSSR count). The first-order valence-corrected chi connectivity index (χ1v) is 10.4. The van der Waals surface area contributed by atoms with Gasteiger partial charge in [0.2, 0.25) is 0 Å². The van der Waals surface area contributed by atoms with Gasteiger partial charge in [-0.15, -0.1) is 0 Å². The molecule has 2 aromatic heterocycles. The molecule has 1 saturated heterocycles. The van der Waals surface area contributed by atoms with Crippen molar-refractivity contribution in [3.05, 3.63) is 71.9 Å². The third-order valence-corrected chi connectivity index (χ3v) is 5.56. The maximum atomic E-state index is 5.26. The summed E-state index contributed by atoms with van der Waals surface area (Å²) >= 11 is 0. The summed E-state index contributed by atoms with van der Waals surface area (Å²) in [5, 5.41) is 0. The number of pyridine rings is 1. The fourth-order valence-corrected chi connectivity index (χ4v) is 3.95. The van der Waals surface area contributed by atoms with Crippen LogP contribution in [0.4, 0.5) is 0 Å². The summed E-state index contributed by atoms with van der Waals surface area (Å²) in [6.07, 6.45) is 7.19. The molecule has 5 nitrogen and oxygen atoms in total. The fraction of sp³-hybridized carbons (Fsp3) is 0.375. The number of benzene rings is 1. The predicted octanol–water partition coefficient (Wildman–Crippen LogP) is 4.49. The second-order valence-electron chi connectivity index (χ2n) is 7.61. The Kier molecular flexibility index (Phi) is 6.15. The highest BCUT2D eigenvalue weighted by Crippen LogP contribution is 2.29. The monoisotopic (exact) mass is 388 g/mol. The van der Waals surface area contributed by atoms with Crippen LogP contribution in [0.2, 0.25) is 0 Å². The number of hydrogen-bond acceptors (Lipinski definition) is 5. The van der Waals surface area contributed by atoms with Gasteiger partial charge in [-0.05, 0) is 55.8 Å². The molecule has 150 valence electrons. The lowest BCUT2D eigenvalue weighted by Gasteiger charge is -2.32. The molecule has 5 heteroatoms. The highest BCUT2D eigenvalue weighted by atomic mass is 16.5. The Morgan fingerprint density at radius 1 is 1.07 bits per heavy atom. The van der Waals surface area contributed by atoms with Gasteiger partial charge in [-0.1, -0.05) is 13.0 Å². The third kappa shape index (κ3) is 4.80. The Morgan fingerprint density at radius 2 is 1.86 bits per heavy atom. The van der Waals surface area contributed by atoms with E-state index < -0.39 is 0 Å². The normalized spacial score (nSPS) is 17.2. The molecule has 1 fully saturated rings. The third-order valence-electron chi connectivity index (χ3n) is 5.56. The SMILES string of the molecule is CCc1ncc(CN2CCC[C@H](c3cccc(-c4ccc(OC)cc4)n3)C2)cn1. The van der Waals surface area contributed by atoms with Gasteiger partial charge in [-0.2, -0.15) is 0 Å². The smallest absolute Gasteiger partial charge is 0.127 e. The largest absolute Gasteiger partial charge is 0.497 e. The van der Waals surface area contributed by atoms with Crippen LogP contribution in [0, 0.1) is 0 Å². The zero-order valence-electron chi connectivity index (χ0n) is 17.2. The molecule has 0 spiro atoms. The van der Waals surface area contributed by atoms with Gasteiger partial charge >= 0.3 is 0 Å². The molecule has 0 radical (unpaired) electrons. The molecule has 0 N–H and O–H groups in total. The minimum Gasteiger partial charge on any atom is -0.497 e. The van der Waals surface area contributed by atoms with Gasteiger partial charge in [0.25, 0.3) is 0 Å². The maximum Gasteiger partial charge on any atom is 0.127 e. The quantitative estimate of drug-likeness (QED) is 0.623. The second kappa shape index (κ2) is 9.14. The molecule has 1 aromatic carbocycles. The molecule has 0 bridgehead atoms. The molecule has 0 aliphatic carbocycles. The van der Waals surface area contributed by atoms with Gasteiger partial charge < -0.3 is 4.74 Å². The first kappa shape index (κ1) is 19.5. The average Bonchev–Trinajstić information content (AvgIpc) is 2.80. The van der Waals surface area contributed by atoms with Crippen LogP contribution in [-0.2, 0) is 13.0 Å². The lowest BCUT2D eigenvalue weighted by Crippen LogP contribution is -2.34. The number of hydrogen-bond donors (Lipinski definition) is 0. The Hall–Kier alpha value is -2.79. The average molecular weight is 389 g/mol. The molecule has 0 saturated carbocycles. The van der Waals surface area contributed by atoms with E-state index in [0.29, 0.717) is 5.92 Å². The van der Waals surface area contributed by atoms with Gasteiger partial charge in [0.05, 0.1) is 12.8 Å². The van der Waals surface area contributed by atoms with E-state index in [1.54, 1.807) is 7.11 Å². The number of rotatable bonds is 6. The van der Waals surface area contributed by atoms with Gasteiger partial charge in [0.1, 0.15) is 11.6 Å². The molecule has 1 aliphatic rings. The minimum absolute atomic E-state index is 0.456. The second-order valence-corrected chi connectivity index (χ2v) is 7.61. The Morgan fingerprint density at radius 3 is 2.59 bits per heavy atom. The number of nitrogens with zero attached hydrogens (tertiary/aromatic N) is 4. The number of likely N-dealkylation sites (tertiary alicyclic amines) is 1. The van der Waals surface area contributed by atoms with Crippen molar-refractivity contribution in [2.24, 2.45) is 0 Å². The number of piperidine rings is 1. The molecular formula is C24H28N4O. The van der Waals surface area contributed by atoms with Crippen molar-refractivity contribution in [1.29, 1.82) is 0 Å². The van der Waals surface area contributed by atoms with Crippen molar-refractivity contribution in [2.45, 2.75) is 38.6 Å². The first-order valence-electron chi connectivity index (χ1n) is 10.4. The topological polar surface area (TPSA) is 51.1 Å². The Balaban J connectivity index is 1.46. The number of aryl methyl sites for hydroxylation is 1. The van der Waals surface area contributed by atoms with Crippen molar-refractivity contribution in [2.75, 3.05) is 20.2 Å². The van der Waals surface area contributed by atoms with Crippen LogP contribution in [0.15, 0.2) is 54.9 Å². The van der Waals surface area contributed by atoms with Gasteiger partial charge in [-0.3, -0.25) is 9.88 Å². The summed E-state index contributed by atoms with van der Waals surface area (Å²) in [6.45, 7) is 5.12. The van der Waals surface area contributed by atoms with Crippen LogP contribution in [-0.4, -0.2) is 40.1 Å². The van der Waals surface area contributed by atoms with Crippen LogP contribution in [0.1, 0.15) is 42.8 Å². The van der Waals surface area contributed by atoms with E-state index in [1.807, 2.05) is 24.5 Å². The van der Waals surface area contributed by atoms with E-state index in [4.69, 9.17) is 9.72 Å². The molecule has 0 amide bonds. The van der Waals surface area contributed by atoms with Crippen LogP contribution in [0.3, 0.4) is 0 Å². The standard InChI is InChI=1S/C24H28N4O/c1-3-24-25-14-18(15-26-24)16-28-13-5-6-20(17-28)23-8-4-7-22(27-23)19-9-11-21(29-2)12-10-19/h4,7-12,14-15,20H,3,5-6,13,16-17H2,1-2H3/t20-/m0/s1. The summed E-state index contributed by atoms with van der Waals surface area (Å²) in [5.74, 6) is 2.23. The maximum absolute atomic E-state index is 5.26. The molecule has 1 aliphatic heterocycles. The molecule has 1 atom stereocenters. The highest BCUT2D eigenvalue weighted by molar-refractivity contribution is 5.60. The molecule has 3 heterocycles. The Bertz CT molecular complexity index is 924. The number of methoxy groups -OCH3 is 1. The summed E-state index contributed by atoms with van der Waals surface area (Å²) in [4.78, 5) is 16.4. The van der Waals surface area contributed by atoms with E-state index in [0.717, 1.165) is 48.9 Å². The number of aromatic nitrogens is 3. The number of ether oxygens (including phenoxy) is 1. The van der Waals surface area contributed by atoms with Crippen LogP contribution in [0.25, 0.3) is 11.3 Å². The van der Waals surface area contributed by atoms with Gasteiger partial charge in [-0.25, -0.2) is 9.97 Å². The van der Waals surface area contributed by atoms with E-state index in [-0.39, 0.29) is 0 Å². The van der Waals surface area contributed by atoms with Crippen molar-refractivity contribution in [1.82, 2.24) is 19.9 Å². The highest BCUT2D eigenvalue weighted by Gasteiger charge is 2.23. The van der Waals surface area contributed by atoms with Crippen molar-refractivity contribution >= 4 is 0 Å². The molecule has 29 heavy (non-hydrogen) atoms. The van der Waals surface area contributed by atoms with Crippen molar-refractivity contribution < 1.29 is 4.74 Å². The summed E-state index contributed by atoms with van der Waals surface area (Å²) in [6, 6.07) is 14.5. The fourth-order valence-electron chi connectivity index (χ4n) is 3.95. The first-order chi connectivity index (χ1) is 14.2. The zero-order valence-corrected chi connectivity index (χ0v) is 17.2. The summed E-state index contributed by atoms with van der Waals surface area (Å²) in [5.41, 5.74) is 4.50. The van der Waals surface area contributed by atoms with Crippen LogP contribution in [0.5, 0.6) is 5.75 Å². The van der Waals surface area contributed by atoms with Crippen LogP contribution < -0.4 is 4.74 Å². The minimum atomic E-state index is 0.456. The summed E-state index contributed by atoms with van der Waals surface area (Å²) in [7, 11) is 1.69. The van der Waals surface area contributed by atoms with Gasteiger partial charge in [0.15, 0.2) is 0 Å². The molecule has 3 aromatic rings. The van der Waals surface area contributed by atoms with E-state index in [1.165, 1.54) is 24.1 Å². The summed E-state index contributed by atoms with van der Waals surface area (Å²) < 4.78 is 5.26. The van der Waals surface area contributed by atoms with Crippen molar-refractivity contribution in [3.63, 3.8) is 0 Å². The predicted molar refractivity (Wildman–Crippen MR) is 115 cm³/mol.